The Morgan fingerprint density at radius 1 is 1.38 bits per heavy atom. The summed E-state index contributed by atoms with van der Waals surface area (Å²) in [6.45, 7) is 1.38. The lowest BCUT2D eigenvalue weighted by atomic mass is 10.1. The van der Waals surface area contributed by atoms with E-state index in [9.17, 15) is 22.4 Å². The number of nitrogens with one attached hydrogen (secondary N) is 2. The summed E-state index contributed by atoms with van der Waals surface area (Å²) in [5.41, 5.74) is -0.226. The number of hydrogen-bond donors (Lipinski definition) is 2. The molecule has 2 N–H and O–H groups in total. The van der Waals surface area contributed by atoms with E-state index in [1.54, 1.807) is 0 Å². The zero-order valence-corrected chi connectivity index (χ0v) is 12.2. The average Bonchev–Trinajstić information content (AvgIpc) is 3.17. The lowest BCUT2D eigenvalue weighted by Gasteiger charge is -2.11. The van der Waals surface area contributed by atoms with E-state index < -0.39 is 29.6 Å². The highest BCUT2D eigenvalue weighted by molar-refractivity contribution is 5.95. The summed E-state index contributed by atoms with van der Waals surface area (Å²) < 4.78 is 55.5. The van der Waals surface area contributed by atoms with Crippen molar-refractivity contribution in [2.75, 3.05) is 13.1 Å². The molecule has 0 saturated carbocycles. The van der Waals surface area contributed by atoms with Crippen molar-refractivity contribution < 1.29 is 26.9 Å². The molecule has 1 saturated heterocycles. The molecule has 1 fully saturated rings. The van der Waals surface area contributed by atoms with Gasteiger partial charge < -0.3 is 15.2 Å². The lowest BCUT2D eigenvalue weighted by Crippen LogP contribution is -2.36. The number of alkyl halides is 3. The molecular formula is C14H12F4N4O2. The van der Waals surface area contributed by atoms with Gasteiger partial charge in [0.25, 0.3) is 5.91 Å². The smallest absolute Gasteiger partial charge is 0.348 e. The molecule has 0 unspecified atom stereocenters. The van der Waals surface area contributed by atoms with Crippen LogP contribution < -0.4 is 10.6 Å². The van der Waals surface area contributed by atoms with Crippen LogP contribution in [0.2, 0.25) is 0 Å². The molecule has 10 heteroatoms. The number of rotatable bonds is 3. The molecule has 3 rings (SSSR count). The molecule has 1 aliphatic rings. The quantitative estimate of drug-likeness (QED) is 0.833. The van der Waals surface area contributed by atoms with Crippen LogP contribution in [0.4, 0.5) is 17.6 Å². The predicted molar refractivity (Wildman–Crippen MR) is 73.4 cm³/mol. The molecule has 0 aliphatic carbocycles. The van der Waals surface area contributed by atoms with Gasteiger partial charge in [0.1, 0.15) is 5.82 Å². The van der Waals surface area contributed by atoms with Crippen LogP contribution in [0.1, 0.15) is 22.7 Å². The maximum Gasteiger partial charge on any atom is 0.471 e. The molecule has 0 spiro atoms. The fourth-order valence-corrected chi connectivity index (χ4v) is 2.34. The van der Waals surface area contributed by atoms with Crippen LogP contribution in [0.3, 0.4) is 0 Å². The number of benzene rings is 1. The van der Waals surface area contributed by atoms with Crippen molar-refractivity contribution in [3.05, 3.63) is 35.5 Å². The molecule has 1 aromatic heterocycles. The fourth-order valence-electron chi connectivity index (χ4n) is 2.34. The zero-order chi connectivity index (χ0) is 17.3. The van der Waals surface area contributed by atoms with Crippen molar-refractivity contribution in [2.45, 2.75) is 18.6 Å². The largest absolute Gasteiger partial charge is 0.471 e. The van der Waals surface area contributed by atoms with Crippen LogP contribution in [-0.4, -0.2) is 35.2 Å². The van der Waals surface area contributed by atoms with E-state index in [1.807, 2.05) is 0 Å². The number of carbonyl (C=O) groups excluding carboxylic acids is 1. The molecule has 24 heavy (non-hydrogen) atoms. The standard InChI is InChI=1S/C14H12F4N4O2/c15-10-5-7(11-21-13(24-22-11)14(16,17)18)1-2-9(10)12(23)20-8-3-4-19-6-8/h1-2,5,8,19H,3-4,6H2,(H,20,23)/t8-/m1/s1. The van der Waals surface area contributed by atoms with Crippen LogP contribution in [-0.2, 0) is 6.18 Å². The molecule has 1 atom stereocenters. The Morgan fingerprint density at radius 2 is 2.17 bits per heavy atom. The van der Waals surface area contributed by atoms with Crippen molar-refractivity contribution in [3.8, 4) is 11.4 Å². The van der Waals surface area contributed by atoms with Gasteiger partial charge in [-0.3, -0.25) is 4.79 Å². The molecule has 0 bridgehead atoms. The summed E-state index contributed by atoms with van der Waals surface area (Å²) in [5.74, 6) is -3.40. The van der Waals surface area contributed by atoms with Gasteiger partial charge in [0, 0.05) is 18.2 Å². The van der Waals surface area contributed by atoms with Crippen molar-refractivity contribution in [1.29, 1.82) is 0 Å². The van der Waals surface area contributed by atoms with Gasteiger partial charge in [-0.2, -0.15) is 18.2 Å². The van der Waals surface area contributed by atoms with Gasteiger partial charge in [0.05, 0.1) is 5.56 Å². The summed E-state index contributed by atoms with van der Waals surface area (Å²) in [5, 5.41) is 8.91. The Hall–Kier alpha value is -2.49. The van der Waals surface area contributed by atoms with E-state index in [0.717, 1.165) is 19.0 Å². The SMILES string of the molecule is O=C(N[C@@H]1CCNC1)c1ccc(-c2noc(C(F)(F)F)n2)cc1F. The van der Waals surface area contributed by atoms with E-state index >= 15 is 0 Å². The number of carbonyl (C=O) groups is 1. The second-order valence-corrected chi connectivity index (χ2v) is 5.28. The third-order valence-electron chi connectivity index (χ3n) is 3.54. The fraction of sp³-hybridized carbons (Fsp3) is 0.357. The monoisotopic (exact) mass is 344 g/mol. The normalized spacial score (nSPS) is 17.9. The topological polar surface area (TPSA) is 80.0 Å². The Labute approximate surface area is 133 Å². The van der Waals surface area contributed by atoms with Gasteiger partial charge in [-0.1, -0.05) is 11.2 Å². The minimum absolute atomic E-state index is 0.0224. The Kier molecular flexibility index (Phi) is 4.22. The highest BCUT2D eigenvalue weighted by atomic mass is 19.4. The van der Waals surface area contributed by atoms with E-state index in [0.29, 0.717) is 6.54 Å². The molecule has 2 heterocycles. The Morgan fingerprint density at radius 3 is 2.75 bits per heavy atom. The van der Waals surface area contributed by atoms with Gasteiger partial charge in [-0.05, 0) is 25.1 Å². The first-order valence-electron chi connectivity index (χ1n) is 7.07. The molecule has 1 aliphatic heterocycles. The lowest BCUT2D eigenvalue weighted by molar-refractivity contribution is -0.159. The summed E-state index contributed by atoms with van der Waals surface area (Å²) >= 11 is 0. The first-order valence-corrected chi connectivity index (χ1v) is 7.07. The molecule has 128 valence electrons. The molecule has 0 radical (unpaired) electrons. The van der Waals surface area contributed by atoms with E-state index in [2.05, 4.69) is 25.3 Å². The van der Waals surface area contributed by atoms with Crippen molar-refractivity contribution in [2.24, 2.45) is 0 Å². The number of amides is 1. The number of hydrogen-bond acceptors (Lipinski definition) is 5. The molecule has 2 aromatic rings. The zero-order valence-electron chi connectivity index (χ0n) is 12.2. The van der Waals surface area contributed by atoms with Crippen LogP contribution >= 0.6 is 0 Å². The summed E-state index contributed by atoms with van der Waals surface area (Å²) in [6.07, 6.45) is -4.03. The van der Waals surface area contributed by atoms with Crippen LogP contribution in [0.5, 0.6) is 0 Å². The van der Waals surface area contributed by atoms with Gasteiger partial charge in [0.2, 0.25) is 5.82 Å². The van der Waals surface area contributed by atoms with E-state index in [1.165, 1.54) is 12.1 Å². The van der Waals surface area contributed by atoms with Gasteiger partial charge in [0.15, 0.2) is 0 Å². The minimum Gasteiger partial charge on any atom is -0.348 e. The summed E-state index contributed by atoms with van der Waals surface area (Å²) in [4.78, 5) is 15.2. The molecular weight excluding hydrogens is 332 g/mol. The van der Waals surface area contributed by atoms with Crippen LogP contribution in [0.15, 0.2) is 22.7 Å². The molecule has 1 amide bonds. The average molecular weight is 344 g/mol. The maximum atomic E-state index is 14.1. The van der Waals surface area contributed by atoms with E-state index in [4.69, 9.17) is 0 Å². The van der Waals surface area contributed by atoms with Gasteiger partial charge in [-0.15, -0.1) is 0 Å². The van der Waals surface area contributed by atoms with Crippen LogP contribution in [0.25, 0.3) is 11.4 Å². The summed E-state index contributed by atoms with van der Waals surface area (Å²) in [6, 6.07) is 3.25. The van der Waals surface area contributed by atoms with Crippen molar-refractivity contribution in [3.63, 3.8) is 0 Å². The third kappa shape index (κ3) is 3.37. The van der Waals surface area contributed by atoms with Crippen molar-refractivity contribution >= 4 is 5.91 Å². The second kappa shape index (κ2) is 6.19. The van der Waals surface area contributed by atoms with Gasteiger partial charge in [-0.25, -0.2) is 4.39 Å². The number of nitrogens with zero attached hydrogens (tertiary/aromatic N) is 2. The van der Waals surface area contributed by atoms with Gasteiger partial charge >= 0.3 is 12.1 Å². The minimum atomic E-state index is -4.78. The number of aromatic nitrogens is 2. The molecule has 6 nitrogen and oxygen atoms in total. The Balaban J connectivity index is 1.79. The van der Waals surface area contributed by atoms with Crippen LogP contribution in [0, 0.1) is 5.82 Å². The summed E-state index contributed by atoms with van der Waals surface area (Å²) in [7, 11) is 0. The molecule has 1 aromatic carbocycles. The Bertz CT molecular complexity index is 753. The second-order valence-electron chi connectivity index (χ2n) is 5.28. The first-order chi connectivity index (χ1) is 11.3. The van der Waals surface area contributed by atoms with E-state index in [-0.39, 0.29) is 17.2 Å². The van der Waals surface area contributed by atoms with Crippen molar-refractivity contribution in [1.82, 2.24) is 20.8 Å². The third-order valence-corrected chi connectivity index (χ3v) is 3.54. The number of halogens is 4. The first kappa shape index (κ1) is 16.4. The highest BCUT2D eigenvalue weighted by Crippen LogP contribution is 2.29. The maximum absolute atomic E-state index is 14.1. The predicted octanol–water partition coefficient (Wildman–Crippen LogP) is 1.99. The highest BCUT2D eigenvalue weighted by Gasteiger charge is 2.38.